The van der Waals surface area contributed by atoms with E-state index in [1.807, 2.05) is 38.1 Å². The molecule has 1 unspecified atom stereocenters. The molecule has 4 heteroatoms. The van der Waals surface area contributed by atoms with Gasteiger partial charge in [-0.1, -0.05) is 24.3 Å². The number of aryl methyl sites for hydroxylation is 1. The maximum absolute atomic E-state index is 13.9. The minimum Gasteiger partial charge on any atom is -0.489 e. The summed E-state index contributed by atoms with van der Waals surface area (Å²) in [5.41, 5.74) is 8.19. The summed E-state index contributed by atoms with van der Waals surface area (Å²) >= 11 is 0. The Kier molecular flexibility index (Phi) is 4.56. The summed E-state index contributed by atoms with van der Waals surface area (Å²) in [6.07, 6.45) is 0. The van der Waals surface area contributed by atoms with Crippen molar-refractivity contribution in [2.45, 2.75) is 26.5 Å². The van der Waals surface area contributed by atoms with Crippen molar-refractivity contribution in [1.29, 1.82) is 5.26 Å². The lowest BCUT2D eigenvalue weighted by Crippen LogP contribution is -2.06. The zero-order chi connectivity index (χ0) is 15.4. The molecule has 0 saturated heterocycles. The van der Waals surface area contributed by atoms with Crippen LogP contribution in [0.1, 0.15) is 35.2 Å². The number of halogens is 1. The lowest BCUT2D eigenvalue weighted by atomic mass is 10.1. The molecule has 2 aromatic carbocycles. The van der Waals surface area contributed by atoms with E-state index in [0.717, 1.165) is 11.1 Å². The van der Waals surface area contributed by atoms with E-state index in [9.17, 15) is 4.39 Å². The predicted octanol–water partition coefficient (Wildman–Crippen LogP) is 3.60. The average Bonchev–Trinajstić information content (AvgIpc) is 2.47. The largest absolute Gasteiger partial charge is 0.489 e. The molecule has 2 rings (SSSR count). The first-order valence-corrected chi connectivity index (χ1v) is 6.69. The molecule has 2 N–H and O–H groups in total. The number of nitriles is 1. The van der Waals surface area contributed by atoms with E-state index in [-0.39, 0.29) is 18.2 Å². The van der Waals surface area contributed by atoms with Gasteiger partial charge in [0.2, 0.25) is 0 Å². The number of rotatable bonds is 4. The van der Waals surface area contributed by atoms with E-state index in [1.54, 1.807) is 12.1 Å². The molecule has 0 radical (unpaired) electrons. The van der Waals surface area contributed by atoms with Crippen molar-refractivity contribution in [3.05, 3.63) is 64.5 Å². The van der Waals surface area contributed by atoms with Gasteiger partial charge in [0.05, 0.1) is 5.56 Å². The first kappa shape index (κ1) is 15.0. The second-order valence-electron chi connectivity index (χ2n) is 4.99. The Bertz CT molecular complexity index is 690. The Morgan fingerprint density at radius 1 is 1.33 bits per heavy atom. The smallest absolute Gasteiger partial charge is 0.147 e. The molecule has 0 fully saturated rings. The molecule has 3 nitrogen and oxygen atoms in total. The van der Waals surface area contributed by atoms with Crippen molar-refractivity contribution >= 4 is 0 Å². The third-order valence-corrected chi connectivity index (χ3v) is 3.31. The molecule has 0 amide bonds. The Balaban J connectivity index is 2.16. The van der Waals surface area contributed by atoms with E-state index >= 15 is 0 Å². The highest BCUT2D eigenvalue weighted by Gasteiger charge is 2.09. The summed E-state index contributed by atoms with van der Waals surface area (Å²) in [6.45, 7) is 3.92. The first-order chi connectivity index (χ1) is 10.0. The summed E-state index contributed by atoms with van der Waals surface area (Å²) in [5, 5.41) is 8.81. The van der Waals surface area contributed by atoms with E-state index in [2.05, 4.69) is 0 Å². The molecule has 1 atom stereocenters. The van der Waals surface area contributed by atoms with Gasteiger partial charge in [0.15, 0.2) is 0 Å². The van der Waals surface area contributed by atoms with Gasteiger partial charge in [0, 0.05) is 11.6 Å². The number of hydrogen-bond donors (Lipinski definition) is 1. The highest BCUT2D eigenvalue weighted by atomic mass is 19.1. The van der Waals surface area contributed by atoms with Gasteiger partial charge >= 0.3 is 0 Å². The minimum atomic E-state index is -0.523. The molecule has 0 bridgehead atoms. The topological polar surface area (TPSA) is 59.0 Å². The van der Waals surface area contributed by atoms with E-state index in [0.29, 0.717) is 11.3 Å². The van der Waals surface area contributed by atoms with Gasteiger partial charge in [0.1, 0.15) is 24.2 Å². The maximum Gasteiger partial charge on any atom is 0.147 e. The summed E-state index contributed by atoms with van der Waals surface area (Å²) in [5.74, 6) is 0.158. The standard InChI is InChI=1S/C17H17FN2O/c1-11-8-13(12(2)20)6-7-16(11)21-10-15-5-3-4-14(9-19)17(15)18/h3-8,12H,10,20H2,1-2H3. The third kappa shape index (κ3) is 3.39. The third-order valence-electron chi connectivity index (χ3n) is 3.31. The molecule has 2 aromatic rings. The summed E-state index contributed by atoms with van der Waals surface area (Å²) in [7, 11) is 0. The van der Waals surface area contributed by atoms with Gasteiger partial charge < -0.3 is 10.5 Å². The second-order valence-corrected chi connectivity index (χ2v) is 4.99. The zero-order valence-corrected chi connectivity index (χ0v) is 12.1. The van der Waals surface area contributed by atoms with Gasteiger partial charge in [-0.25, -0.2) is 4.39 Å². The van der Waals surface area contributed by atoms with Crippen LogP contribution >= 0.6 is 0 Å². The molecule has 0 saturated carbocycles. The summed E-state index contributed by atoms with van der Waals surface area (Å²) in [6, 6.07) is 12.2. The van der Waals surface area contributed by atoms with E-state index in [4.69, 9.17) is 15.7 Å². The van der Waals surface area contributed by atoms with Crippen molar-refractivity contribution < 1.29 is 9.13 Å². The fraction of sp³-hybridized carbons (Fsp3) is 0.235. The van der Waals surface area contributed by atoms with E-state index in [1.165, 1.54) is 6.07 Å². The van der Waals surface area contributed by atoms with Crippen LogP contribution in [0.3, 0.4) is 0 Å². The molecule has 0 aliphatic carbocycles. The zero-order valence-electron chi connectivity index (χ0n) is 12.1. The number of nitrogens with zero attached hydrogens (tertiary/aromatic N) is 1. The Morgan fingerprint density at radius 3 is 2.71 bits per heavy atom. The molecule has 21 heavy (non-hydrogen) atoms. The molecule has 0 spiro atoms. The van der Waals surface area contributed by atoms with Crippen LogP contribution < -0.4 is 10.5 Å². The van der Waals surface area contributed by atoms with Crippen molar-refractivity contribution in [1.82, 2.24) is 0 Å². The van der Waals surface area contributed by atoms with Crippen LogP contribution in [0, 0.1) is 24.1 Å². The van der Waals surface area contributed by atoms with Crippen LogP contribution in [0.4, 0.5) is 4.39 Å². The Hall–Kier alpha value is -2.38. The highest BCUT2D eigenvalue weighted by Crippen LogP contribution is 2.23. The average molecular weight is 284 g/mol. The molecule has 0 aliphatic heterocycles. The lowest BCUT2D eigenvalue weighted by Gasteiger charge is -2.13. The van der Waals surface area contributed by atoms with Gasteiger partial charge in [-0.15, -0.1) is 0 Å². The van der Waals surface area contributed by atoms with Crippen LogP contribution in [0.25, 0.3) is 0 Å². The number of benzene rings is 2. The molecular weight excluding hydrogens is 267 g/mol. The molecule has 108 valence electrons. The second kappa shape index (κ2) is 6.38. The monoisotopic (exact) mass is 284 g/mol. The van der Waals surface area contributed by atoms with Crippen molar-refractivity contribution in [2.24, 2.45) is 5.73 Å². The summed E-state index contributed by atoms with van der Waals surface area (Å²) in [4.78, 5) is 0. The van der Waals surface area contributed by atoms with Crippen molar-refractivity contribution in [2.75, 3.05) is 0 Å². The van der Waals surface area contributed by atoms with Crippen molar-refractivity contribution in [3.8, 4) is 11.8 Å². The first-order valence-electron chi connectivity index (χ1n) is 6.69. The quantitative estimate of drug-likeness (QED) is 0.933. The molecule has 0 heterocycles. The molecular formula is C17H17FN2O. The maximum atomic E-state index is 13.9. The van der Waals surface area contributed by atoms with Gasteiger partial charge in [0.25, 0.3) is 0 Å². The van der Waals surface area contributed by atoms with Gasteiger partial charge in [-0.3, -0.25) is 0 Å². The fourth-order valence-electron chi connectivity index (χ4n) is 2.05. The van der Waals surface area contributed by atoms with E-state index < -0.39 is 5.82 Å². The van der Waals surface area contributed by atoms with Crippen LogP contribution in [0.15, 0.2) is 36.4 Å². The normalized spacial score (nSPS) is 11.8. The van der Waals surface area contributed by atoms with Gasteiger partial charge in [-0.2, -0.15) is 5.26 Å². The number of ether oxygens (including phenoxy) is 1. The SMILES string of the molecule is Cc1cc(C(C)N)ccc1OCc1cccc(C#N)c1F. The molecule has 0 aromatic heterocycles. The molecule has 0 aliphatic rings. The Labute approximate surface area is 123 Å². The lowest BCUT2D eigenvalue weighted by molar-refractivity contribution is 0.297. The number of hydrogen-bond acceptors (Lipinski definition) is 3. The van der Waals surface area contributed by atoms with Crippen molar-refractivity contribution in [3.63, 3.8) is 0 Å². The number of nitrogens with two attached hydrogens (primary N) is 1. The fourth-order valence-corrected chi connectivity index (χ4v) is 2.05. The van der Waals surface area contributed by atoms with Crippen LogP contribution in [0.2, 0.25) is 0 Å². The van der Waals surface area contributed by atoms with Gasteiger partial charge in [-0.05, 0) is 37.1 Å². The predicted molar refractivity (Wildman–Crippen MR) is 79.2 cm³/mol. The Morgan fingerprint density at radius 2 is 2.10 bits per heavy atom. The minimum absolute atomic E-state index is 0.0279. The van der Waals surface area contributed by atoms with Crippen LogP contribution in [-0.2, 0) is 6.61 Å². The summed E-state index contributed by atoms with van der Waals surface area (Å²) < 4.78 is 19.6. The van der Waals surface area contributed by atoms with Crippen LogP contribution in [0.5, 0.6) is 5.75 Å². The highest BCUT2D eigenvalue weighted by molar-refractivity contribution is 5.38. The van der Waals surface area contributed by atoms with Crippen LogP contribution in [-0.4, -0.2) is 0 Å².